The second kappa shape index (κ2) is 3.74. The first kappa shape index (κ1) is 9.30. The Kier molecular flexibility index (Phi) is 2.90. The summed E-state index contributed by atoms with van der Waals surface area (Å²) in [4.78, 5) is 0. The van der Waals surface area contributed by atoms with Crippen LogP contribution in [0.2, 0.25) is 0 Å². The summed E-state index contributed by atoms with van der Waals surface area (Å²) < 4.78 is 0. The molecular formula is C11H13P. The average molecular weight is 176 g/mol. The second-order valence-electron chi connectivity index (χ2n) is 3.04. The minimum Gasteiger partial charge on any atom is -0.0780 e. The maximum Gasteiger partial charge on any atom is 0.0307 e. The molecule has 0 fully saturated rings. The SMILES string of the molecule is Cc1cc(C)c(C#CP)c(C)c1. The van der Waals surface area contributed by atoms with E-state index in [1.165, 1.54) is 16.7 Å². The lowest BCUT2D eigenvalue weighted by Crippen LogP contribution is -1.88. The fraction of sp³-hybridized carbons (Fsp3) is 0.273. The molecule has 1 rings (SSSR count). The van der Waals surface area contributed by atoms with Crippen LogP contribution in [-0.2, 0) is 0 Å². The van der Waals surface area contributed by atoms with Gasteiger partial charge in [0.1, 0.15) is 0 Å². The molecular weight excluding hydrogens is 163 g/mol. The third-order valence-electron chi connectivity index (χ3n) is 1.87. The van der Waals surface area contributed by atoms with Gasteiger partial charge < -0.3 is 0 Å². The quantitative estimate of drug-likeness (QED) is 0.421. The lowest BCUT2D eigenvalue weighted by molar-refractivity contribution is 1.30. The van der Waals surface area contributed by atoms with Crippen molar-refractivity contribution in [3.8, 4) is 11.6 Å². The normalized spacial score (nSPS) is 9.00. The molecule has 0 aliphatic rings. The van der Waals surface area contributed by atoms with Gasteiger partial charge in [-0.3, -0.25) is 0 Å². The van der Waals surface area contributed by atoms with E-state index >= 15 is 0 Å². The standard InChI is InChI=1S/C11H13P/c1-8-6-9(2)11(4-5-12)10(3)7-8/h6-7H,12H2,1-3H3. The van der Waals surface area contributed by atoms with Crippen LogP contribution in [0, 0.1) is 32.4 Å². The van der Waals surface area contributed by atoms with Crippen molar-refractivity contribution in [2.45, 2.75) is 20.8 Å². The molecule has 12 heavy (non-hydrogen) atoms. The fourth-order valence-electron chi connectivity index (χ4n) is 1.45. The van der Waals surface area contributed by atoms with Crippen LogP contribution in [0.1, 0.15) is 22.3 Å². The molecule has 1 aromatic carbocycles. The third-order valence-corrected chi connectivity index (χ3v) is 2.02. The Morgan fingerprint density at radius 3 is 2.00 bits per heavy atom. The lowest BCUT2D eigenvalue weighted by atomic mass is 10.0. The van der Waals surface area contributed by atoms with Gasteiger partial charge in [0.05, 0.1) is 0 Å². The molecule has 1 aromatic rings. The maximum absolute atomic E-state index is 3.08. The summed E-state index contributed by atoms with van der Waals surface area (Å²) in [7, 11) is 2.42. The Morgan fingerprint density at radius 2 is 1.58 bits per heavy atom. The van der Waals surface area contributed by atoms with Crippen molar-refractivity contribution in [3.05, 3.63) is 34.4 Å². The molecule has 0 aliphatic carbocycles. The van der Waals surface area contributed by atoms with Gasteiger partial charge in [-0.25, -0.2) is 0 Å². The highest BCUT2D eigenvalue weighted by atomic mass is 31.0. The molecule has 62 valence electrons. The van der Waals surface area contributed by atoms with Gasteiger partial charge in [-0.1, -0.05) is 38.5 Å². The van der Waals surface area contributed by atoms with Crippen molar-refractivity contribution >= 4 is 9.24 Å². The zero-order chi connectivity index (χ0) is 9.14. The van der Waals surface area contributed by atoms with Gasteiger partial charge in [0, 0.05) is 5.56 Å². The molecule has 1 unspecified atom stereocenters. The molecule has 0 amide bonds. The highest BCUT2D eigenvalue weighted by Crippen LogP contribution is 2.14. The van der Waals surface area contributed by atoms with Crippen molar-refractivity contribution in [3.63, 3.8) is 0 Å². The van der Waals surface area contributed by atoms with E-state index in [-0.39, 0.29) is 0 Å². The maximum atomic E-state index is 3.08. The van der Waals surface area contributed by atoms with Crippen LogP contribution in [0.15, 0.2) is 12.1 Å². The van der Waals surface area contributed by atoms with E-state index in [0.29, 0.717) is 0 Å². The Hall–Kier alpha value is -0.790. The summed E-state index contributed by atoms with van der Waals surface area (Å²) in [6, 6.07) is 4.33. The molecule has 1 atom stereocenters. The van der Waals surface area contributed by atoms with Gasteiger partial charge in [-0.05, 0) is 31.9 Å². The van der Waals surface area contributed by atoms with E-state index in [4.69, 9.17) is 0 Å². The zero-order valence-corrected chi connectivity index (χ0v) is 8.89. The molecule has 0 heterocycles. The lowest BCUT2D eigenvalue weighted by Gasteiger charge is -2.04. The summed E-state index contributed by atoms with van der Waals surface area (Å²) >= 11 is 0. The molecule has 0 N–H and O–H groups in total. The Balaban J connectivity index is 3.34. The van der Waals surface area contributed by atoms with Crippen LogP contribution in [0.4, 0.5) is 0 Å². The first-order valence-corrected chi connectivity index (χ1v) is 4.52. The van der Waals surface area contributed by atoms with E-state index in [2.05, 4.69) is 53.7 Å². The number of hydrogen-bond donors (Lipinski definition) is 0. The Morgan fingerprint density at radius 1 is 1.08 bits per heavy atom. The van der Waals surface area contributed by atoms with Crippen molar-refractivity contribution in [1.29, 1.82) is 0 Å². The van der Waals surface area contributed by atoms with Gasteiger partial charge in [0.2, 0.25) is 0 Å². The van der Waals surface area contributed by atoms with Crippen molar-refractivity contribution in [2.24, 2.45) is 0 Å². The van der Waals surface area contributed by atoms with Crippen molar-refractivity contribution < 1.29 is 0 Å². The van der Waals surface area contributed by atoms with Crippen LogP contribution in [0.3, 0.4) is 0 Å². The first-order chi connectivity index (χ1) is 5.65. The molecule has 0 bridgehead atoms. The topological polar surface area (TPSA) is 0 Å². The summed E-state index contributed by atoms with van der Waals surface area (Å²) in [6.07, 6.45) is 0. The number of aryl methyl sites for hydroxylation is 3. The van der Waals surface area contributed by atoms with Crippen LogP contribution in [-0.4, -0.2) is 0 Å². The Bertz CT molecular complexity index is 330. The van der Waals surface area contributed by atoms with Crippen LogP contribution in [0.5, 0.6) is 0 Å². The van der Waals surface area contributed by atoms with Crippen molar-refractivity contribution in [1.82, 2.24) is 0 Å². The molecule has 1 heteroatoms. The smallest absolute Gasteiger partial charge is 0.0307 e. The summed E-state index contributed by atoms with van der Waals surface area (Å²) in [5.41, 5.74) is 7.85. The summed E-state index contributed by atoms with van der Waals surface area (Å²) in [5, 5.41) is 0. The minimum absolute atomic E-state index is 1.16. The number of benzene rings is 1. The average Bonchev–Trinajstić information content (AvgIpc) is 1.96. The third kappa shape index (κ3) is 1.87. The molecule has 0 aromatic heterocycles. The largest absolute Gasteiger partial charge is 0.0780 e. The van der Waals surface area contributed by atoms with E-state index in [9.17, 15) is 0 Å². The van der Waals surface area contributed by atoms with Crippen LogP contribution < -0.4 is 0 Å². The number of rotatable bonds is 0. The fourth-order valence-corrected chi connectivity index (χ4v) is 1.59. The molecule has 0 saturated carbocycles. The summed E-state index contributed by atoms with van der Waals surface area (Å²) in [5.74, 6) is 3.08. The monoisotopic (exact) mass is 176 g/mol. The van der Waals surface area contributed by atoms with E-state index in [1.807, 2.05) is 0 Å². The van der Waals surface area contributed by atoms with Gasteiger partial charge in [-0.15, -0.1) is 0 Å². The van der Waals surface area contributed by atoms with Gasteiger partial charge in [0.15, 0.2) is 0 Å². The van der Waals surface area contributed by atoms with Gasteiger partial charge in [0.25, 0.3) is 0 Å². The highest BCUT2D eigenvalue weighted by Gasteiger charge is 1.99. The molecule has 0 aliphatic heterocycles. The van der Waals surface area contributed by atoms with Gasteiger partial charge >= 0.3 is 0 Å². The zero-order valence-electron chi connectivity index (χ0n) is 7.73. The number of hydrogen-bond acceptors (Lipinski definition) is 0. The predicted molar refractivity (Wildman–Crippen MR) is 57.2 cm³/mol. The highest BCUT2D eigenvalue weighted by molar-refractivity contribution is 7.23. The molecule has 0 radical (unpaired) electrons. The van der Waals surface area contributed by atoms with Gasteiger partial charge in [-0.2, -0.15) is 0 Å². The van der Waals surface area contributed by atoms with E-state index < -0.39 is 0 Å². The van der Waals surface area contributed by atoms with Crippen LogP contribution in [0.25, 0.3) is 0 Å². The Labute approximate surface area is 76.6 Å². The van der Waals surface area contributed by atoms with Crippen LogP contribution >= 0.6 is 9.24 Å². The molecule has 0 saturated heterocycles. The molecule has 0 nitrogen and oxygen atoms in total. The second-order valence-corrected chi connectivity index (χ2v) is 3.33. The van der Waals surface area contributed by atoms with E-state index in [1.54, 1.807) is 0 Å². The molecule has 0 spiro atoms. The summed E-state index contributed by atoms with van der Waals surface area (Å²) in [6.45, 7) is 6.31. The first-order valence-electron chi connectivity index (χ1n) is 3.94. The minimum atomic E-state index is 1.16. The van der Waals surface area contributed by atoms with E-state index in [0.717, 1.165) is 5.56 Å². The van der Waals surface area contributed by atoms with Crippen molar-refractivity contribution in [2.75, 3.05) is 0 Å². The predicted octanol–water partition coefficient (Wildman–Crippen LogP) is 2.80.